The van der Waals surface area contributed by atoms with E-state index in [-0.39, 0.29) is 5.92 Å². The Hall–Kier alpha value is -1.78. The summed E-state index contributed by atoms with van der Waals surface area (Å²) in [7, 11) is 0. The van der Waals surface area contributed by atoms with Gasteiger partial charge in [-0.1, -0.05) is 6.07 Å². The minimum atomic E-state index is 0.116. The van der Waals surface area contributed by atoms with Gasteiger partial charge in [-0.2, -0.15) is 0 Å². The molecule has 0 aliphatic carbocycles. The van der Waals surface area contributed by atoms with Gasteiger partial charge in [0.05, 0.1) is 5.92 Å². The number of hydrogen-bond donors (Lipinski definition) is 1. The molecule has 1 unspecified atom stereocenters. The number of rotatable bonds is 2. The van der Waals surface area contributed by atoms with Gasteiger partial charge in [-0.3, -0.25) is 4.79 Å². The van der Waals surface area contributed by atoms with E-state index in [0.29, 0.717) is 11.7 Å². The Morgan fingerprint density at radius 2 is 2.00 bits per heavy atom. The zero-order valence-electron chi connectivity index (χ0n) is 11.8. The van der Waals surface area contributed by atoms with E-state index in [0.717, 1.165) is 57.7 Å². The number of pyridine rings is 1. The van der Waals surface area contributed by atoms with E-state index in [1.54, 1.807) is 6.07 Å². The smallest absolute Gasteiger partial charge is 0.227 e. The Morgan fingerprint density at radius 1 is 1.20 bits per heavy atom. The second kappa shape index (κ2) is 5.69. The first kappa shape index (κ1) is 13.2. The van der Waals surface area contributed by atoms with Gasteiger partial charge in [-0.05, 0) is 37.8 Å². The lowest BCUT2D eigenvalue weighted by atomic mass is 9.96. The third-order valence-electron chi connectivity index (χ3n) is 4.27. The van der Waals surface area contributed by atoms with Gasteiger partial charge in [-0.25, -0.2) is 4.98 Å². The Bertz CT molecular complexity index is 485. The predicted molar refractivity (Wildman–Crippen MR) is 79.4 cm³/mol. The first-order chi connectivity index (χ1) is 9.74. The lowest BCUT2D eigenvalue weighted by Gasteiger charge is -2.34. The van der Waals surface area contributed by atoms with Crippen LogP contribution in [-0.4, -0.2) is 42.0 Å². The van der Waals surface area contributed by atoms with Gasteiger partial charge in [0.2, 0.25) is 5.91 Å². The number of piperidine rings is 1. The summed E-state index contributed by atoms with van der Waals surface area (Å²) in [5.41, 5.74) is 5.75. The molecule has 1 aromatic heterocycles. The molecule has 0 radical (unpaired) electrons. The van der Waals surface area contributed by atoms with Gasteiger partial charge in [0.25, 0.3) is 0 Å². The molecule has 0 saturated carbocycles. The van der Waals surface area contributed by atoms with Gasteiger partial charge in [0, 0.05) is 26.2 Å². The van der Waals surface area contributed by atoms with Crippen molar-refractivity contribution >= 4 is 17.5 Å². The number of amides is 1. The molecule has 3 rings (SSSR count). The molecule has 0 spiro atoms. The van der Waals surface area contributed by atoms with Crippen LogP contribution in [0, 0.1) is 5.92 Å². The molecular weight excluding hydrogens is 252 g/mol. The number of aromatic nitrogens is 1. The maximum absolute atomic E-state index is 12.5. The maximum Gasteiger partial charge on any atom is 0.227 e. The lowest BCUT2D eigenvalue weighted by molar-refractivity contribution is -0.134. The van der Waals surface area contributed by atoms with Crippen LogP contribution in [0.15, 0.2) is 18.2 Å². The lowest BCUT2D eigenvalue weighted by Crippen LogP contribution is -2.44. The molecule has 1 aromatic rings. The second-order valence-electron chi connectivity index (χ2n) is 5.74. The third-order valence-corrected chi connectivity index (χ3v) is 4.27. The zero-order valence-corrected chi connectivity index (χ0v) is 11.8. The van der Waals surface area contributed by atoms with E-state index < -0.39 is 0 Å². The summed E-state index contributed by atoms with van der Waals surface area (Å²) in [5, 5.41) is 0. The minimum absolute atomic E-state index is 0.116. The van der Waals surface area contributed by atoms with E-state index >= 15 is 0 Å². The summed E-state index contributed by atoms with van der Waals surface area (Å²) < 4.78 is 0. The number of likely N-dealkylation sites (tertiary alicyclic amines) is 1. The molecule has 2 fully saturated rings. The topological polar surface area (TPSA) is 62.5 Å². The normalized spacial score (nSPS) is 23.1. The van der Waals surface area contributed by atoms with E-state index in [9.17, 15) is 4.79 Å². The highest BCUT2D eigenvalue weighted by Crippen LogP contribution is 2.24. The van der Waals surface area contributed by atoms with Crippen molar-refractivity contribution in [3.05, 3.63) is 18.2 Å². The van der Waals surface area contributed by atoms with Gasteiger partial charge in [0.15, 0.2) is 0 Å². The van der Waals surface area contributed by atoms with E-state index in [1.165, 1.54) is 0 Å². The van der Waals surface area contributed by atoms with Crippen molar-refractivity contribution in [1.82, 2.24) is 9.88 Å². The summed E-state index contributed by atoms with van der Waals surface area (Å²) in [4.78, 5) is 21.1. The monoisotopic (exact) mass is 274 g/mol. The van der Waals surface area contributed by atoms with Crippen molar-refractivity contribution in [1.29, 1.82) is 0 Å². The van der Waals surface area contributed by atoms with Crippen molar-refractivity contribution < 1.29 is 4.79 Å². The molecule has 5 heteroatoms. The van der Waals surface area contributed by atoms with Crippen molar-refractivity contribution in [2.75, 3.05) is 36.8 Å². The Balaban J connectivity index is 1.68. The number of carbonyl (C=O) groups is 1. The standard InChI is InChI=1S/C15H22N4O/c16-13-6-3-7-14(17-13)19-10-4-5-12(11-19)15(20)18-8-1-2-9-18/h3,6-7,12H,1-2,4-5,8-11H2,(H2,16,17). The van der Waals surface area contributed by atoms with Crippen molar-refractivity contribution in [3.8, 4) is 0 Å². The average molecular weight is 274 g/mol. The molecular formula is C15H22N4O. The molecule has 108 valence electrons. The molecule has 0 bridgehead atoms. The molecule has 3 heterocycles. The highest BCUT2D eigenvalue weighted by molar-refractivity contribution is 5.80. The van der Waals surface area contributed by atoms with Gasteiger partial charge >= 0.3 is 0 Å². The highest BCUT2D eigenvalue weighted by Gasteiger charge is 2.30. The van der Waals surface area contributed by atoms with Crippen LogP contribution in [0.1, 0.15) is 25.7 Å². The summed E-state index contributed by atoms with van der Waals surface area (Å²) in [6.45, 7) is 3.60. The number of nitrogens with zero attached hydrogens (tertiary/aromatic N) is 3. The summed E-state index contributed by atoms with van der Waals surface area (Å²) in [5.74, 6) is 1.88. The highest BCUT2D eigenvalue weighted by atomic mass is 16.2. The van der Waals surface area contributed by atoms with E-state index in [1.807, 2.05) is 17.0 Å². The van der Waals surface area contributed by atoms with Crippen molar-refractivity contribution in [2.45, 2.75) is 25.7 Å². The van der Waals surface area contributed by atoms with Crippen molar-refractivity contribution in [2.24, 2.45) is 5.92 Å². The van der Waals surface area contributed by atoms with Gasteiger partial charge in [-0.15, -0.1) is 0 Å². The SMILES string of the molecule is Nc1cccc(N2CCCC(C(=O)N3CCCC3)C2)n1. The van der Waals surface area contributed by atoms with Crippen LogP contribution in [-0.2, 0) is 4.79 Å². The van der Waals surface area contributed by atoms with Crippen LogP contribution in [0.25, 0.3) is 0 Å². The van der Waals surface area contributed by atoms with Crippen LogP contribution >= 0.6 is 0 Å². The van der Waals surface area contributed by atoms with Crippen LogP contribution in [0.4, 0.5) is 11.6 Å². The molecule has 1 atom stereocenters. The van der Waals surface area contributed by atoms with E-state index in [2.05, 4.69) is 9.88 Å². The fourth-order valence-electron chi connectivity index (χ4n) is 3.20. The van der Waals surface area contributed by atoms with Crippen LogP contribution in [0.3, 0.4) is 0 Å². The molecule has 2 N–H and O–H groups in total. The number of hydrogen-bond acceptors (Lipinski definition) is 4. The summed E-state index contributed by atoms with van der Waals surface area (Å²) in [6, 6.07) is 5.68. The Morgan fingerprint density at radius 3 is 2.75 bits per heavy atom. The fourth-order valence-corrected chi connectivity index (χ4v) is 3.20. The molecule has 2 aliphatic heterocycles. The average Bonchev–Trinajstić information content (AvgIpc) is 3.01. The van der Waals surface area contributed by atoms with Crippen molar-refractivity contribution in [3.63, 3.8) is 0 Å². The Kier molecular flexibility index (Phi) is 3.76. The maximum atomic E-state index is 12.5. The quantitative estimate of drug-likeness (QED) is 0.888. The second-order valence-corrected chi connectivity index (χ2v) is 5.74. The first-order valence-electron chi connectivity index (χ1n) is 7.50. The molecule has 5 nitrogen and oxygen atoms in total. The number of anilines is 2. The molecule has 1 amide bonds. The number of nitrogen functional groups attached to an aromatic ring is 1. The largest absolute Gasteiger partial charge is 0.384 e. The Labute approximate surface area is 119 Å². The summed E-state index contributed by atoms with van der Waals surface area (Å²) >= 11 is 0. The molecule has 2 saturated heterocycles. The molecule has 20 heavy (non-hydrogen) atoms. The van der Waals surface area contributed by atoms with Gasteiger partial charge in [0.1, 0.15) is 11.6 Å². The minimum Gasteiger partial charge on any atom is -0.384 e. The molecule has 0 aromatic carbocycles. The third kappa shape index (κ3) is 2.71. The van der Waals surface area contributed by atoms with Gasteiger partial charge < -0.3 is 15.5 Å². The summed E-state index contributed by atoms with van der Waals surface area (Å²) in [6.07, 6.45) is 4.34. The number of nitrogens with two attached hydrogens (primary N) is 1. The first-order valence-corrected chi connectivity index (χ1v) is 7.50. The number of carbonyl (C=O) groups excluding carboxylic acids is 1. The van der Waals surface area contributed by atoms with Crippen LogP contribution in [0.5, 0.6) is 0 Å². The zero-order chi connectivity index (χ0) is 13.9. The predicted octanol–water partition coefficient (Wildman–Crippen LogP) is 1.50. The van der Waals surface area contributed by atoms with Crippen LogP contribution in [0.2, 0.25) is 0 Å². The van der Waals surface area contributed by atoms with E-state index in [4.69, 9.17) is 5.73 Å². The molecule has 2 aliphatic rings. The fraction of sp³-hybridized carbons (Fsp3) is 0.600. The van der Waals surface area contributed by atoms with Crippen LogP contribution < -0.4 is 10.6 Å².